The molecule has 0 aliphatic carbocycles. The lowest BCUT2D eigenvalue weighted by Gasteiger charge is -2.23. The molecule has 122 valence electrons. The van der Waals surface area contributed by atoms with Gasteiger partial charge in [0.2, 0.25) is 0 Å². The number of carboxylic acids is 1. The molecule has 5 nitrogen and oxygen atoms in total. The van der Waals surface area contributed by atoms with Crippen molar-refractivity contribution in [2.75, 3.05) is 6.61 Å². The summed E-state index contributed by atoms with van der Waals surface area (Å²) >= 11 is 0. The Labute approximate surface area is 131 Å². The average molecular weight is 307 g/mol. The molecule has 1 aromatic rings. The Morgan fingerprint density at radius 3 is 2.32 bits per heavy atom. The molecule has 1 rings (SSSR count). The van der Waals surface area contributed by atoms with Crippen LogP contribution in [0.15, 0.2) is 24.3 Å². The van der Waals surface area contributed by atoms with Crippen LogP contribution in [0.1, 0.15) is 40.2 Å². The predicted molar refractivity (Wildman–Crippen MR) is 85.0 cm³/mol. The van der Waals surface area contributed by atoms with Crippen molar-refractivity contribution in [2.45, 2.75) is 46.1 Å². The maximum Gasteiger partial charge on any atom is 0.326 e. The number of aliphatic carboxylic acids is 1. The zero-order chi connectivity index (χ0) is 16.9. The number of benzene rings is 1. The second-order valence-electron chi connectivity index (χ2n) is 6.66. The van der Waals surface area contributed by atoms with Crippen LogP contribution in [0.3, 0.4) is 0 Å². The van der Waals surface area contributed by atoms with Gasteiger partial charge in [-0.2, -0.15) is 0 Å². The van der Waals surface area contributed by atoms with E-state index in [9.17, 15) is 9.59 Å². The van der Waals surface area contributed by atoms with Crippen molar-refractivity contribution >= 4 is 11.9 Å². The van der Waals surface area contributed by atoms with Crippen LogP contribution in [0.2, 0.25) is 0 Å². The minimum Gasteiger partial charge on any atom is -0.483 e. The van der Waals surface area contributed by atoms with E-state index in [0.717, 1.165) is 5.56 Å². The summed E-state index contributed by atoms with van der Waals surface area (Å²) in [4.78, 5) is 23.0. The Kier molecular flexibility index (Phi) is 5.97. The normalized spacial score (nSPS) is 12.8. The Hall–Kier alpha value is -2.04. The number of amides is 1. The molecule has 1 atom stereocenters. The van der Waals surface area contributed by atoms with Crippen LogP contribution in [-0.4, -0.2) is 29.6 Å². The first-order chi connectivity index (χ1) is 10.1. The molecule has 0 heterocycles. The molecular weight excluding hydrogens is 282 g/mol. The summed E-state index contributed by atoms with van der Waals surface area (Å²) in [6.45, 7) is 9.48. The maximum atomic E-state index is 11.9. The lowest BCUT2D eigenvalue weighted by Crippen LogP contribution is -2.46. The second-order valence-corrected chi connectivity index (χ2v) is 6.66. The zero-order valence-electron chi connectivity index (χ0n) is 13.8. The third kappa shape index (κ3) is 5.06. The Bertz CT molecular complexity index is 532. The Morgan fingerprint density at radius 2 is 1.82 bits per heavy atom. The van der Waals surface area contributed by atoms with Gasteiger partial charge in [0.1, 0.15) is 11.8 Å². The first-order valence-electron chi connectivity index (χ1n) is 7.37. The highest BCUT2D eigenvalue weighted by atomic mass is 16.5. The largest absolute Gasteiger partial charge is 0.483 e. The van der Waals surface area contributed by atoms with Gasteiger partial charge < -0.3 is 15.2 Å². The van der Waals surface area contributed by atoms with Gasteiger partial charge in [-0.25, -0.2) is 4.79 Å². The summed E-state index contributed by atoms with van der Waals surface area (Å²) < 4.78 is 5.58. The number of carbonyl (C=O) groups excluding carboxylic acids is 1. The number of carbonyl (C=O) groups is 2. The molecule has 0 bridgehead atoms. The summed E-state index contributed by atoms with van der Waals surface area (Å²) in [5.74, 6) is -1.03. The minimum atomic E-state index is -1.04. The standard InChI is InChI=1S/C17H25NO4/c1-11(2)15(16(20)21)18-14(19)10-22-13-9-7-6-8-12(13)17(3,4)5/h6-9,11,15H,10H2,1-5H3,(H,18,19)(H,20,21)/t15-/m0/s1. The van der Waals surface area contributed by atoms with Crippen molar-refractivity contribution < 1.29 is 19.4 Å². The van der Waals surface area contributed by atoms with Crippen LogP contribution >= 0.6 is 0 Å². The van der Waals surface area contributed by atoms with Gasteiger partial charge in [-0.1, -0.05) is 52.8 Å². The van der Waals surface area contributed by atoms with Gasteiger partial charge >= 0.3 is 5.97 Å². The zero-order valence-corrected chi connectivity index (χ0v) is 13.8. The van der Waals surface area contributed by atoms with Crippen LogP contribution in [-0.2, 0) is 15.0 Å². The first-order valence-corrected chi connectivity index (χ1v) is 7.37. The van der Waals surface area contributed by atoms with E-state index in [-0.39, 0.29) is 17.9 Å². The third-order valence-electron chi connectivity index (χ3n) is 3.30. The van der Waals surface area contributed by atoms with Crippen molar-refractivity contribution in [3.8, 4) is 5.75 Å². The highest BCUT2D eigenvalue weighted by Gasteiger charge is 2.24. The molecule has 1 amide bonds. The summed E-state index contributed by atoms with van der Waals surface area (Å²) in [6.07, 6.45) is 0. The van der Waals surface area contributed by atoms with E-state index >= 15 is 0 Å². The van der Waals surface area contributed by atoms with Gasteiger partial charge in [0.15, 0.2) is 6.61 Å². The summed E-state index contributed by atoms with van der Waals surface area (Å²) in [5.41, 5.74) is 0.899. The van der Waals surface area contributed by atoms with Crippen LogP contribution < -0.4 is 10.1 Å². The molecule has 0 saturated carbocycles. The molecule has 0 saturated heterocycles. The quantitative estimate of drug-likeness (QED) is 0.847. The van der Waals surface area contributed by atoms with Crippen molar-refractivity contribution in [3.63, 3.8) is 0 Å². The number of rotatable bonds is 6. The van der Waals surface area contributed by atoms with Crippen LogP contribution in [0.4, 0.5) is 0 Å². The SMILES string of the molecule is CC(C)[C@H](NC(=O)COc1ccccc1C(C)(C)C)C(=O)O. The fourth-order valence-corrected chi connectivity index (χ4v) is 2.08. The molecule has 22 heavy (non-hydrogen) atoms. The average Bonchev–Trinajstić information content (AvgIpc) is 2.41. The van der Waals surface area contributed by atoms with E-state index in [4.69, 9.17) is 9.84 Å². The van der Waals surface area contributed by atoms with Gasteiger partial charge in [-0.05, 0) is 23.0 Å². The van der Waals surface area contributed by atoms with Gasteiger partial charge in [0.25, 0.3) is 5.91 Å². The number of hydrogen-bond donors (Lipinski definition) is 2. The Morgan fingerprint density at radius 1 is 1.23 bits per heavy atom. The molecule has 0 unspecified atom stereocenters. The van der Waals surface area contributed by atoms with Crippen molar-refractivity contribution in [1.82, 2.24) is 5.32 Å². The van der Waals surface area contributed by atoms with E-state index in [1.807, 2.05) is 24.3 Å². The monoisotopic (exact) mass is 307 g/mol. The topological polar surface area (TPSA) is 75.6 Å². The van der Waals surface area contributed by atoms with Crippen LogP contribution in [0.5, 0.6) is 5.75 Å². The molecule has 0 aliphatic rings. The van der Waals surface area contributed by atoms with Crippen molar-refractivity contribution in [1.29, 1.82) is 0 Å². The van der Waals surface area contributed by atoms with E-state index in [2.05, 4.69) is 26.1 Å². The molecule has 0 aromatic heterocycles. The van der Waals surface area contributed by atoms with E-state index in [0.29, 0.717) is 5.75 Å². The lowest BCUT2D eigenvalue weighted by molar-refractivity contribution is -0.143. The van der Waals surface area contributed by atoms with Crippen molar-refractivity contribution in [2.24, 2.45) is 5.92 Å². The number of nitrogens with one attached hydrogen (secondary N) is 1. The third-order valence-corrected chi connectivity index (χ3v) is 3.30. The molecule has 5 heteroatoms. The van der Waals surface area contributed by atoms with E-state index in [1.54, 1.807) is 13.8 Å². The highest BCUT2D eigenvalue weighted by molar-refractivity contribution is 5.84. The van der Waals surface area contributed by atoms with E-state index < -0.39 is 17.9 Å². The second kappa shape index (κ2) is 7.29. The fraction of sp³-hybridized carbons (Fsp3) is 0.529. The van der Waals surface area contributed by atoms with E-state index in [1.165, 1.54) is 0 Å². The fourth-order valence-electron chi connectivity index (χ4n) is 2.08. The molecule has 0 aliphatic heterocycles. The highest BCUT2D eigenvalue weighted by Crippen LogP contribution is 2.30. The molecular formula is C17H25NO4. The number of carboxylic acid groups (broad SMARTS) is 1. The molecule has 0 radical (unpaired) electrons. The molecule has 2 N–H and O–H groups in total. The number of para-hydroxylation sites is 1. The van der Waals surface area contributed by atoms with Gasteiger partial charge in [-0.3, -0.25) is 4.79 Å². The summed E-state index contributed by atoms with van der Waals surface area (Å²) in [7, 11) is 0. The molecule has 0 fully saturated rings. The number of hydrogen-bond acceptors (Lipinski definition) is 3. The maximum absolute atomic E-state index is 11.9. The predicted octanol–water partition coefficient (Wildman–Crippen LogP) is 2.59. The summed E-state index contributed by atoms with van der Waals surface area (Å²) in [5, 5.41) is 11.6. The minimum absolute atomic E-state index is 0.103. The van der Waals surface area contributed by atoms with Gasteiger partial charge in [-0.15, -0.1) is 0 Å². The smallest absolute Gasteiger partial charge is 0.326 e. The van der Waals surface area contributed by atoms with Crippen LogP contribution in [0, 0.1) is 5.92 Å². The van der Waals surface area contributed by atoms with Crippen LogP contribution in [0.25, 0.3) is 0 Å². The molecule has 0 spiro atoms. The van der Waals surface area contributed by atoms with Crippen molar-refractivity contribution in [3.05, 3.63) is 29.8 Å². The first kappa shape index (κ1) is 18.0. The van der Waals surface area contributed by atoms with Gasteiger partial charge in [0.05, 0.1) is 0 Å². The Balaban J connectivity index is 2.71. The number of ether oxygens (including phenoxy) is 1. The van der Waals surface area contributed by atoms with Gasteiger partial charge in [0, 0.05) is 0 Å². The summed E-state index contributed by atoms with van der Waals surface area (Å²) in [6, 6.07) is 6.63. The molecule has 1 aromatic carbocycles. The lowest BCUT2D eigenvalue weighted by atomic mass is 9.86.